The maximum Gasteiger partial charge on any atom is 0.275 e. The Bertz CT molecular complexity index is 954. The number of carbonyl (C=O) groups excluding carboxylic acids is 1. The molecule has 0 radical (unpaired) electrons. The second kappa shape index (κ2) is 8.93. The van der Waals surface area contributed by atoms with Crippen LogP contribution in [-0.4, -0.2) is 26.1 Å². The van der Waals surface area contributed by atoms with Gasteiger partial charge in [0.2, 0.25) is 0 Å². The van der Waals surface area contributed by atoms with Crippen molar-refractivity contribution in [3.8, 4) is 5.75 Å². The van der Waals surface area contributed by atoms with Crippen LogP contribution in [0.4, 0.5) is 0 Å². The van der Waals surface area contributed by atoms with Crippen LogP contribution in [0.1, 0.15) is 28.3 Å². The van der Waals surface area contributed by atoms with E-state index in [1.165, 1.54) is 16.0 Å². The number of ether oxygens (including phenoxy) is 1. The number of quaternary nitrogens is 1. The van der Waals surface area contributed by atoms with Crippen LogP contribution < -0.4 is 15.0 Å². The smallest absolute Gasteiger partial charge is 0.275 e. The lowest BCUT2D eigenvalue weighted by atomic mass is 9.98. The molecule has 0 fully saturated rings. The number of rotatable bonds is 6. The van der Waals surface area contributed by atoms with E-state index in [4.69, 9.17) is 4.74 Å². The first kappa shape index (κ1) is 19.2. The summed E-state index contributed by atoms with van der Waals surface area (Å²) in [7, 11) is 1.66. The molecule has 0 bridgehead atoms. The molecule has 1 aliphatic rings. The van der Waals surface area contributed by atoms with Crippen LogP contribution in [0, 0.1) is 0 Å². The Morgan fingerprint density at radius 3 is 2.31 bits per heavy atom. The molecular formula is C25H27N2O2+. The van der Waals surface area contributed by atoms with Crippen LogP contribution in [0.25, 0.3) is 0 Å². The van der Waals surface area contributed by atoms with Gasteiger partial charge in [-0.05, 0) is 28.8 Å². The Balaban J connectivity index is 1.48. The summed E-state index contributed by atoms with van der Waals surface area (Å²) >= 11 is 0. The van der Waals surface area contributed by atoms with Gasteiger partial charge in [0.1, 0.15) is 12.3 Å². The molecule has 1 aliphatic heterocycles. The summed E-state index contributed by atoms with van der Waals surface area (Å²) in [6.45, 7) is 2.37. The standard InChI is InChI=1S/C25H26N2O2/c1-29-23-13-11-21(12-14-23)25(20-8-3-2-4-9-20)26-24(28)18-27-16-15-19-7-5-6-10-22(19)17-27/h2-14,25H,15-18H2,1H3,(H,26,28)/p+1/t25-/m0/s1. The highest BCUT2D eigenvalue weighted by Crippen LogP contribution is 2.24. The van der Waals surface area contributed by atoms with Crippen molar-refractivity contribution in [2.45, 2.75) is 19.0 Å². The zero-order valence-corrected chi connectivity index (χ0v) is 16.7. The molecule has 4 rings (SSSR count). The SMILES string of the molecule is COc1ccc([C@@H](NC(=O)C[NH+]2CCc3ccccc3C2)c2ccccc2)cc1. The van der Waals surface area contributed by atoms with E-state index in [2.05, 4.69) is 41.7 Å². The molecule has 0 saturated carbocycles. The van der Waals surface area contributed by atoms with Gasteiger partial charge in [0.25, 0.3) is 5.91 Å². The van der Waals surface area contributed by atoms with E-state index in [1.54, 1.807) is 7.11 Å². The predicted octanol–water partition coefficient (Wildman–Crippen LogP) is 2.54. The quantitative estimate of drug-likeness (QED) is 0.683. The van der Waals surface area contributed by atoms with Gasteiger partial charge in [-0.1, -0.05) is 66.7 Å². The van der Waals surface area contributed by atoms with E-state index < -0.39 is 0 Å². The second-order valence-corrected chi connectivity index (χ2v) is 7.56. The molecule has 0 saturated heterocycles. The molecule has 4 nitrogen and oxygen atoms in total. The van der Waals surface area contributed by atoms with Crippen LogP contribution in [0.3, 0.4) is 0 Å². The highest BCUT2D eigenvalue weighted by Gasteiger charge is 2.24. The molecule has 3 aromatic rings. The van der Waals surface area contributed by atoms with Crippen LogP contribution in [-0.2, 0) is 17.8 Å². The van der Waals surface area contributed by atoms with E-state index in [9.17, 15) is 4.79 Å². The number of methoxy groups -OCH3 is 1. The summed E-state index contributed by atoms with van der Waals surface area (Å²) in [4.78, 5) is 14.3. The fourth-order valence-corrected chi connectivity index (χ4v) is 4.03. The number of nitrogens with one attached hydrogen (secondary N) is 2. The number of carbonyl (C=O) groups is 1. The average Bonchev–Trinajstić information content (AvgIpc) is 2.78. The largest absolute Gasteiger partial charge is 0.497 e. The molecule has 2 atom stereocenters. The molecule has 1 unspecified atom stereocenters. The fourth-order valence-electron chi connectivity index (χ4n) is 4.03. The van der Waals surface area contributed by atoms with Gasteiger partial charge < -0.3 is 15.0 Å². The number of amides is 1. The highest BCUT2D eigenvalue weighted by molar-refractivity contribution is 5.78. The molecule has 1 heterocycles. The minimum atomic E-state index is -0.175. The third-order valence-electron chi connectivity index (χ3n) is 5.60. The van der Waals surface area contributed by atoms with Crippen LogP contribution in [0.2, 0.25) is 0 Å². The molecule has 4 heteroatoms. The molecule has 0 spiro atoms. The Morgan fingerprint density at radius 2 is 1.59 bits per heavy atom. The Kier molecular flexibility index (Phi) is 5.92. The molecule has 1 amide bonds. The molecule has 0 aliphatic carbocycles. The van der Waals surface area contributed by atoms with E-state index >= 15 is 0 Å². The van der Waals surface area contributed by atoms with Gasteiger partial charge in [0, 0.05) is 12.0 Å². The van der Waals surface area contributed by atoms with Crippen LogP contribution in [0.5, 0.6) is 5.75 Å². The van der Waals surface area contributed by atoms with Crippen LogP contribution >= 0.6 is 0 Å². The number of hydrogen-bond acceptors (Lipinski definition) is 2. The summed E-state index contributed by atoms with van der Waals surface area (Å²) in [5, 5.41) is 3.26. The first-order chi connectivity index (χ1) is 14.2. The minimum Gasteiger partial charge on any atom is -0.497 e. The van der Waals surface area contributed by atoms with Gasteiger partial charge in [-0.15, -0.1) is 0 Å². The van der Waals surface area contributed by atoms with E-state index in [1.807, 2.05) is 42.5 Å². The number of benzene rings is 3. The summed E-state index contributed by atoms with van der Waals surface area (Å²) < 4.78 is 5.27. The van der Waals surface area contributed by atoms with Crippen molar-refractivity contribution in [1.29, 1.82) is 0 Å². The Morgan fingerprint density at radius 1 is 0.931 bits per heavy atom. The lowest BCUT2D eigenvalue weighted by molar-refractivity contribution is -0.908. The number of hydrogen-bond donors (Lipinski definition) is 2. The molecule has 29 heavy (non-hydrogen) atoms. The van der Waals surface area contributed by atoms with Gasteiger partial charge in [0.05, 0.1) is 19.7 Å². The van der Waals surface area contributed by atoms with Crippen molar-refractivity contribution in [3.05, 3.63) is 101 Å². The van der Waals surface area contributed by atoms with E-state index in [-0.39, 0.29) is 11.9 Å². The van der Waals surface area contributed by atoms with Crippen molar-refractivity contribution in [2.24, 2.45) is 0 Å². The molecule has 3 aromatic carbocycles. The Hall–Kier alpha value is -3.11. The Labute approximate surface area is 172 Å². The monoisotopic (exact) mass is 387 g/mol. The zero-order chi connectivity index (χ0) is 20.1. The van der Waals surface area contributed by atoms with Crippen molar-refractivity contribution in [1.82, 2.24) is 5.32 Å². The van der Waals surface area contributed by atoms with Crippen LogP contribution in [0.15, 0.2) is 78.9 Å². The molecule has 2 N–H and O–H groups in total. The zero-order valence-electron chi connectivity index (χ0n) is 16.7. The lowest BCUT2D eigenvalue weighted by Gasteiger charge is -2.26. The summed E-state index contributed by atoms with van der Waals surface area (Å²) in [5.41, 5.74) is 4.89. The van der Waals surface area contributed by atoms with Gasteiger partial charge in [0.15, 0.2) is 6.54 Å². The predicted molar refractivity (Wildman–Crippen MR) is 114 cm³/mol. The van der Waals surface area contributed by atoms with Crippen molar-refractivity contribution >= 4 is 5.91 Å². The molecule has 0 aromatic heterocycles. The highest BCUT2D eigenvalue weighted by atomic mass is 16.5. The fraction of sp³-hybridized carbons (Fsp3) is 0.240. The maximum atomic E-state index is 12.9. The second-order valence-electron chi connectivity index (χ2n) is 7.56. The van der Waals surface area contributed by atoms with Crippen molar-refractivity contribution in [3.63, 3.8) is 0 Å². The molecule has 148 valence electrons. The summed E-state index contributed by atoms with van der Waals surface area (Å²) in [6, 6.07) is 26.4. The maximum absolute atomic E-state index is 12.9. The summed E-state index contributed by atoms with van der Waals surface area (Å²) in [6.07, 6.45) is 1.03. The van der Waals surface area contributed by atoms with Gasteiger partial charge in [-0.2, -0.15) is 0 Å². The normalized spacial score (nSPS) is 16.5. The average molecular weight is 388 g/mol. The minimum absolute atomic E-state index is 0.0732. The third kappa shape index (κ3) is 4.66. The van der Waals surface area contributed by atoms with Crippen molar-refractivity contribution < 1.29 is 14.4 Å². The lowest BCUT2D eigenvalue weighted by Crippen LogP contribution is -3.12. The van der Waals surface area contributed by atoms with Gasteiger partial charge in [-0.3, -0.25) is 4.79 Å². The number of fused-ring (bicyclic) bond motifs is 1. The first-order valence-electron chi connectivity index (χ1n) is 10.1. The van der Waals surface area contributed by atoms with E-state index in [0.717, 1.165) is 36.4 Å². The van der Waals surface area contributed by atoms with Gasteiger partial charge >= 0.3 is 0 Å². The first-order valence-corrected chi connectivity index (χ1v) is 10.1. The van der Waals surface area contributed by atoms with Crippen molar-refractivity contribution in [2.75, 3.05) is 20.2 Å². The van der Waals surface area contributed by atoms with Gasteiger partial charge in [-0.25, -0.2) is 0 Å². The topological polar surface area (TPSA) is 42.8 Å². The van der Waals surface area contributed by atoms with E-state index in [0.29, 0.717) is 6.54 Å². The summed E-state index contributed by atoms with van der Waals surface area (Å²) in [5.74, 6) is 0.882. The molecular weight excluding hydrogens is 360 g/mol. The third-order valence-corrected chi connectivity index (χ3v) is 5.60.